The van der Waals surface area contributed by atoms with Gasteiger partial charge in [-0.1, -0.05) is 62.4 Å². The fourth-order valence-corrected chi connectivity index (χ4v) is 5.40. The third kappa shape index (κ3) is 4.98. The Morgan fingerprint density at radius 1 is 0.921 bits per heavy atom. The molecule has 8 nitrogen and oxygen atoms in total. The molecule has 0 aromatic heterocycles. The fraction of sp³-hybridized carbons (Fsp3) is 0.333. The molecule has 3 aromatic rings. The van der Waals surface area contributed by atoms with Gasteiger partial charge in [0.1, 0.15) is 6.04 Å². The van der Waals surface area contributed by atoms with Crippen molar-refractivity contribution < 1.29 is 29.4 Å². The molecule has 1 saturated carbocycles. The molecule has 0 aliphatic heterocycles. The van der Waals surface area contributed by atoms with Crippen LogP contribution < -0.4 is 10.6 Å². The summed E-state index contributed by atoms with van der Waals surface area (Å²) in [4.78, 5) is 49.8. The zero-order valence-electron chi connectivity index (χ0n) is 21.7. The van der Waals surface area contributed by atoms with Crippen LogP contribution in [0.1, 0.15) is 49.5 Å². The van der Waals surface area contributed by atoms with Crippen LogP contribution in [-0.2, 0) is 20.8 Å². The van der Waals surface area contributed by atoms with Crippen molar-refractivity contribution >= 4 is 40.2 Å². The van der Waals surface area contributed by atoms with E-state index in [2.05, 4.69) is 10.6 Å². The molecule has 0 saturated heterocycles. The number of amides is 2. The molecule has 198 valence electrons. The summed E-state index contributed by atoms with van der Waals surface area (Å²) in [6.07, 6.45) is 0.762. The molecule has 4 N–H and O–H groups in total. The Hall–Kier alpha value is -4.20. The summed E-state index contributed by atoms with van der Waals surface area (Å²) in [7, 11) is 0. The van der Waals surface area contributed by atoms with Crippen LogP contribution in [0.15, 0.2) is 66.7 Å². The third-order valence-electron chi connectivity index (χ3n) is 8.32. The van der Waals surface area contributed by atoms with Crippen LogP contribution in [0.5, 0.6) is 0 Å². The molecule has 1 aliphatic carbocycles. The second-order valence-electron chi connectivity index (χ2n) is 10.7. The lowest BCUT2D eigenvalue weighted by Crippen LogP contribution is -2.49. The van der Waals surface area contributed by atoms with Gasteiger partial charge in [-0.25, -0.2) is 4.79 Å². The smallest absolute Gasteiger partial charge is 0.326 e. The topological polar surface area (TPSA) is 133 Å². The van der Waals surface area contributed by atoms with E-state index in [-0.39, 0.29) is 12.3 Å². The minimum absolute atomic E-state index is 0.0436. The molecule has 0 bridgehead atoms. The average Bonchev–Trinajstić information content (AvgIpc) is 3.13. The molecular weight excluding hydrogens is 484 g/mol. The van der Waals surface area contributed by atoms with Gasteiger partial charge in [0.15, 0.2) is 0 Å². The highest BCUT2D eigenvalue weighted by Crippen LogP contribution is 2.56. The maximum atomic E-state index is 13.1. The quantitative estimate of drug-likeness (QED) is 0.342. The molecule has 38 heavy (non-hydrogen) atoms. The first-order chi connectivity index (χ1) is 17.9. The third-order valence-corrected chi connectivity index (χ3v) is 8.32. The molecule has 0 spiro atoms. The molecule has 0 heterocycles. The van der Waals surface area contributed by atoms with Crippen molar-refractivity contribution in [2.45, 2.75) is 46.1 Å². The van der Waals surface area contributed by atoms with Gasteiger partial charge in [-0.05, 0) is 59.7 Å². The van der Waals surface area contributed by atoms with Crippen molar-refractivity contribution in [3.63, 3.8) is 0 Å². The van der Waals surface area contributed by atoms with Crippen LogP contribution in [0, 0.1) is 16.7 Å². The number of carbonyl (C=O) groups excluding carboxylic acids is 2. The van der Waals surface area contributed by atoms with Gasteiger partial charge in [0, 0.05) is 23.6 Å². The minimum atomic E-state index is -1.18. The van der Waals surface area contributed by atoms with Crippen LogP contribution in [0.2, 0.25) is 0 Å². The van der Waals surface area contributed by atoms with Crippen molar-refractivity contribution in [2.75, 3.05) is 5.32 Å². The van der Waals surface area contributed by atoms with Gasteiger partial charge in [-0.15, -0.1) is 0 Å². The number of carboxylic acid groups (broad SMARTS) is 2. The number of hydrogen-bond acceptors (Lipinski definition) is 4. The van der Waals surface area contributed by atoms with E-state index in [1.165, 1.54) is 0 Å². The summed E-state index contributed by atoms with van der Waals surface area (Å²) in [5.41, 5.74) is -0.129. The lowest BCUT2D eigenvalue weighted by molar-refractivity contribution is -0.155. The Morgan fingerprint density at radius 2 is 1.58 bits per heavy atom. The minimum Gasteiger partial charge on any atom is -0.481 e. The van der Waals surface area contributed by atoms with Crippen LogP contribution in [0.3, 0.4) is 0 Å². The summed E-state index contributed by atoms with van der Waals surface area (Å²) in [6, 6.07) is 18.8. The molecule has 3 aromatic carbocycles. The first-order valence-electron chi connectivity index (χ1n) is 12.6. The van der Waals surface area contributed by atoms with Crippen molar-refractivity contribution in [2.24, 2.45) is 16.7 Å². The second-order valence-corrected chi connectivity index (χ2v) is 10.7. The van der Waals surface area contributed by atoms with Gasteiger partial charge < -0.3 is 20.8 Å². The number of aliphatic carboxylic acids is 2. The lowest BCUT2D eigenvalue weighted by Gasteiger charge is -2.38. The van der Waals surface area contributed by atoms with E-state index in [4.69, 9.17) is 0 Å². The Kier molecular flexibility index (Phi) is 7.26. The maximum Gasteiger partial charge on any atom is 0.326 e. The number of benzene rings is 3. The predicted molar refractivity (Wildman–Crippen MR) is 144 cm³/mol. The molecule has 3 atom stereocenters. The molecule has 1 aliphatic rings. The summed E-state index contributed by atoms with van der Waals surface area (Å²) in [5, 5.41) is 26.8. The monoisotopic (exact) mass is 516 g/mol. The lowest BCUT2D eigenvalue weighted by atomic mass is 9.65. The fourth-order valence-electron chi connectivity index (χ4n) is 5.40. The van der Waals surface area contributed by atoms with Gasteiger partial charge >= 0.3 is 11.9 Å². The van der Waals surface area contributed by atoms with Crippen molar-refractivity contribution in [3.8, 4) is 0 Å². The van der Waals surface area contributed by atoms with E-state index in [0.717, 1.165) is 10.8 Å². The molecule has 4 rings (SSSR count). The van der Waals surface area contributed by atoms with E-state index in [9.17, 15) is 29.4 Å². The molecule has 2 amide bonds. The molecule has 2 unspecified atom stereocenters. The summed E-state index contributed by atoms with van der Waals surface area (Å²) >= 11 is 0. The van der Waals surface area contributed by atoms with Crippen molar-refractivity contribution in [1.29, 1.82) is 0 Å². The number of fused-ring (bicyclic) bond motifs is 1. The van der Waals surface area contributed by atoms with Gasteiger partial charge in [-0.3, -0.25) is 14.4 Å². The van der Waals surface area contributed by atoms with Crippen LogP contribution in [-0.4, -0.2) is 40.0 Å². The molecule has 0 radical (unpaired) electrons. The summed E-state index contributed by atoms with van der Waals surface area (Å²) in [5.74, 6) is -3.45. The van der Waals surface area contributed by atoms with Gasteiger partial charge in [0.05, 0.1) is 5.41 Å². The van der Waals surface area contributed by atoms with E-state index < -0.39 is 40.6 Å². The Bertz CT molecular complexity index is 1390. The van der Waals surface area contributed by atoms with E-state index in [1.54, 1.807) is 51.1 Å². The van der Waals surface area contributed by atoms with E-state index in [1.807, 2.05) is 36.4 Å². The zero-order valence-corrected chi connectivity index (χ0v) is 21.7. The zero-order chi connectivity index (χ0) is 27.7. The Morgan fingerprint density at radius 3 is 2.21 bits per heavy atom. The number of nitrogens with one attached hydrogen (secondary N) is 2. The second kappa shape index (κ2) is 10.3. The van der Waals surface area contributed by atoms with Gasteiger partial charge in [-0.2, -0.15) is 0 Å². The summed E-state index contributed by atoms with van der Waals surface area (Å²) in [6.45, 7) is 5.14. The van der Waals surface area contributed by atoms with Crippen molar-refractivity contribution in [1.82, 2.24) is 5.32 Å². The molecule has 8 heteroatoms. The first kappa shape index (κ1) is 26.9. The maximum absolute atomic E-state index is 13.1. The summed E-state index contributed by atoms with van der Waals surface area (Å²) < 4.78 is 0. The Balaban J connectivity index is 1.42. The number of rotatable bonds is 8. The first-order valence-corrected chi connectivity index (χ1v) is 12.6. The number of carbonyl (C=O) groups is 4. The van der Waals surface area contributed by atoms with E-state index >= 15 is 0 Å². The number of anilines is 1. The SMILES string of the molecule is CC1(C(=O)O)CCC(C(=O)N[C@@H](Cc2ccc(NC(=O)c3cccc4ccccc34)cc2)C(=O)O)C1(C)C. The standard InChI is InChI=1S/C30H32N2O6/c1-29(2)23(15-16-30(29,3)28(37)38)26(34)32-24(27(35)36)17-18-11-13-20(14-12-18)31-25(33)22-10-6-8-19-7-4-5-9-21(19)22/h4-14,23-24H,15-17H2,1-3H3,(H,31,33)(H,32,34)(H,35,36)(H,37,38)/t23?,24-,30?/m0/s1. The average molecular weight is 517 g/mol. The largest absolute Gasteiger partial charge is 0.481 e. The van der Waals surface area contributed by atoms with Crippen LogP contribution in [0.25, 0.3) is 10.8 Å². The van der Waals surface area contributed by atoms with Gasteiger partial charge in [0.2, 0.25) is 5.91 Å². The van der Waals surface area contributed by atoms with Crippen LogP contribution in [0.4, 0.5) is 5.69 Å². The van der Waals surface area contributed by atoms with Gasteiger partial charge in [0.25, 0.3) is 5.91 Å². The Labute approximate surface area is 221 Å². The predicted octanol–water partition coefficient (Wildman–Crippen LogP) is 4.73. The van der Waals surface area contributed by atoms with Crippen molar-refractivity contribution in [3.05, 3.63) is 77.9 Å². The number of hydrogen-bond donors (Lipinski definition) is 4. The number of carboxylic acids is 2. The highest BCUT2D eigenvalue weighted by atomic mass is 16.4. The van der Waals surface area contributed by atoms with Crippen LogP contribution >= 0.6 is 0 Å². The highest BCUT2D eigenvalue weighted by Gasteiger charge is 2.58. The molecular formula is C30H32N2O6. The normalized spacial score (nSPS) is 21.0. The van der Waals surface area contributed by atoms with E-state index in [0.29, 0.717) is 29.7 Å². The highest BCUT2D eigenvalue weighted by molar-refractivity contribution is 6.12. The molecule has 1 fully saturated rings.